The number of para-hydroxylation sites is 1. The molecular formula is C20H31IN4O3S. The first-order valence-corrected chi connectivity index (χ1v) is 11.5. The monoisotopic (exact) mass is 534 g/mol. The molecule has 0 saturated carbocycles. The molecule has 0 spiro atoms. The molecule has 2 heterocycles. The summed E-state index contributed by atoms with van der Waals surface area (Å²) in [6.07, 6.45) is 1.54. The first-order chi connectivity index (χ1) is 13.4. The number of rotatable bonds is 6. The summed E-state index contributed by atoms with van der Waals surface area (Å²) in [6, 6.07) is 8.21. The van der Waals surface area contributed by atoms with Crippen molar-refractivity contribution in [2.45, 2.75) is 46.2 Å². The van der Waals surface area contributed by atoms with E-state index >= 15 is 0 Å². The van der Waals surface area contributed by atoms with Gasteiger partial charge in [-0.05, 0) is 39.7 Å². The molecular weight excluding hydrogens is 503 g/mol. The molecule has 1 aromatic heterocycles. The van der Waals surface area contributed by atoms with Crippen molar-refractivity contribution in [3.05, 3.63) is 35.6 Å². The highest BCUT2D eigenvalue weighted by Gasteiger charge is 2.27. The number of fused-ring (bicyclic) bond motifs is 1. The van der Waals surface area contributed by atoms with Gasteiger partial charge in [-0.3, -0.25) is 0 Å². The Bertz CT molecular complexity index is 934. The smallest absolute Gasteiger partial charge is 0.213 e. The van der Waals surface area contributed by atoms with Gasteiger partial charge in [-0.25, -0.2) is 17.7 Å². The molecule has 0 radical (unpaired) electrons. The Kier molecular flexibility index (Phi) is 8.77. The number of sulfonamides is 1. The van der Waals surface area contributed by atoms with Crippen molar-refractivity contribution in [2.75, 3.05) is 25.4 Å². The van der Waals surface area contributed by atoms with E-state index in [2.05, 4.69) is 28.6 Å². The van der Waals surface area contributed by atoms with Crippen LogP contribution in [0.1, 0.15) is 38.0 Å². The molecule has 0 aliphatic carbocycles. The van der Waals surface area contributed by atoms with Gasteiger partial charge in [0, 0.05) is 36.6 Å². The maximum absolute atomic E-state index is 12.0. The minimum atomic E-state index is -3.10. The van der Waals surface area contributed by atoms with Crippen LogP contribution < -0.4 is 10.6 Å². The zero-order valence-corrected chi connectivity index (χ0v) is 20.4. The summed E-state index contributed by atoms with van der Waals surface area (Å²) < 4.78 is 31.6. The highest BCUT2D eigenvalue weighted by atomic mass is 127. The number of guanidine groups is 1. The SMILES string of the molecule is CCNC(=NCc1oc2ccccc2c1C)NC1CCN(S(=O)(=O)CC)CC1.I. The predicted octanol–water partition coefficient (Wildman–Crippen LogP) is 3.23. The molecule has 29 heavy (non-hydrogen) atoms. The molecule has 1 fully saturated rings. The Balaban J connectivity index is 0.00000300. The van der Waals surface area contributed by atoms with Crippen LogP contribution in [-0.2, 0) is 16.6 Å². The number of furan rings is 1. The average molecular weight is 534 g/mol. The van der Waals surface area contributed by atoms with Crippen molar-refractivity contribution in [1.29, 1.82) is 0 Å². The zero-order chi connectivity index (χ0) is 20.1. The van der Waals surface area contributed by atoms with E-state index in [-0.39, 0.29) is 35.8 Å². The van der Waals surface area contributed by atoms with Gasteiger partial charge in [0.15, 0.2) is 5.96 Å². The Labute approximate surface area is 190 Å². The van der Waals surface area contributed by atoms with E-state index in [0.29, 0.717) is 19.6 Å². The summed E-state index contributed by atoms with van der Waals surface area (Å²) in [4.78, 5) is 4.69. The number of halogens is 1. The Morgan fingerprint density at radius 3 is 2.55 bits per heavy atom. The first kappa shape index (κ1) is 23.9. The van der Waals surface area contributed by atoms with E-state index in [0.717, 1.165) is 47.6 Å². The van der Waals surface area contributed by atoms with Gasteiger partial charge < -0.3 is 15.1 Å². The van der Waals surface area contributed by atoms with E-state index in [1.165, 1.54) is 0 Å². The minimum absolute atomic E-state index is 0. The van der Waals surface area contributed by atoms with Crippen LogP contribution >= 0.6 is 24.0 Å². The van der Waals surface area contributed by atoms with Crippen LogP contribution in [-0.4, -0.2) is 50.1 Å². The number of benzene rings is 1. The van der Waals surface area contributed by atoms with Crippen molar-refractivity contribution >= 4 is 50.9 Å². The van der Waals surface area contributed by atoms with E-state index < -0.39 is 10.0 Å². The number of nitrogens with zero attached hydrogens (tertiary/aromatic N) is 2. The lowest BCUT2D eigenvalue weighted by molar-refractivity contribution is 0.306. The maximum atomic E-state index is 12.0. The largest absolute Gasteiger partial charge is 0.459 e. The maximum Gasteiger partial charge on any atom is 0.213 e. The highest BCUT2D eigenvalue weighted by molar-refractivity contribution is 14.0. The fourth-order valence-electron chi connectivity index (χ4n) is 3.50. The quantitative estimate of drug-likeness (QED) is 0.338. The summed E-state index contributed by atoms with van der Waals surface area (Å²) in [5, 5.41) is 7.84. The number of nitrogens with one attached hydrogen (secondary N) is 2. The second kappa shape index (κ2) is 10.6. The Morgan fingerprint density at radius 2 is 1.93 bits per heavy atom. The zero-order valence-electron chi connectivity index (χ0n) is 17.3. The molecule has 1 aliphatic heterocycles. The molecule has 0 bridgehead atoms. The molecule has 1 aliphatic rings. The molecule has 3 rings (SSSR count). The van der Waals surface area contributed by atoms with Gasteiger partial charge in [-0.1, -0.05) is 18.2 Å². The van der Waals surface area contributed by atoms with Crippen LogP contribution in [0.2, 0.25) is 0 Å². The molecule has 2 aromatic rings. The van der Waals surface area contributed by atoms with Gasteiger partial charge in [0.25, 0.3) is 0 Å². The van der Waals surface area contributed by atoms with Crippen molar-refractivity contribution in [1.82, 2.24) is 14.9 Å². The summed E-state index contributed by atoms with van der Waals surface area (Å²) in [7, 11) is -3.10. The van der Waals surface area contributed by atoms with Gasteiger partial charge in [0.1, 0.15) is 17.9 Å². The molecule has 9 heteroatoms. The minimum Gasteiger partial charge on any atom is -0.459 e. The van der Waals surface area contributed by atoms with Crippen LogP contribution in [0.15, 0.2) is 33.7 Å². The van der Waals surface area contributed by atoms with E-state index in [1.54, 1.807) is 11.2 Å². The lowest BCUT2D eigenvalue weighted by Crippen LogP contribution is -2.50. The van der Waals surface area contributed by atoms with Crippen LogP contribution in [0.5, 0.6) is 0 Å². The van der Waals surface area contributed by atoms with E-state index in [4.69, 9.17) is 4.42 Å². The summed E-state index contributed by atoms with van der Waals surface area (Å²) in [5.41, 5.74) is 2.00. The topological polar surface area (TPSA) is 86.9 Å². The lowest BCUT2D eigenvalue weighted by Gasteiger charge is -2.32. The van der Waals surface area contributed by atoms with Gasteiger partial charge in [0.05, 0.1) is 5.75 Å². The molecule has 162 valence electrons. The van der Waals surface area contributed by atoms with Gasteiger partial charge >= 0.3 is 0 Å². The molecule has 0 atom stereocenters. The fourth-order valence-corrected chi connectivity index (χ4v) is 4.63. The number of hydrogen-bond acceptors (Lipinski definition) is 4. The fraction of sp³-hybridized carbons (Fsp3) is 0.550. The van der Waals surface area contributed by atoms with Gasteiger partial charge in [-0.15, -0.1) is 24.0 Å². The number of aryl methyl sites for hydroxylation is 1. The molecule has 1 aromatic carbocycles. The van der Waals surface area contributed by atoms with Crippen molar-refractivity contribution in [3.63, 3.8) is 0 Å². The normalized spacial score (nSPS) is 16.6. The van der Waals surface area contributed by atoms with Crippen LogP contribution in [0, 0.1) is 6.92 Å². The second-order valence-corrected chi connectivity index (χ2v) is 9.32. The summed E-state index contributed by atoms with van der Waals surface area (Å²) in [5.74, 6) is 1.76. The third-order valence-electron chi connectivity index (χ3n) is 5.22. The third kappa shape index (κ3) is 5.85. The number of hydrogen-bond donors (Lipinski definition) is 2. The van der Waals surface area contributed by atoms with Crippen LogP contribution in [0.25, 0.3) is 11.0 Å². The second-order valence-electron chi connectivity index (χ2n) is 7.06. The first-order valence-electron chi connectivity index (χ1n) is 9.94. The standard InChI is InChI=1S/C20H30N4O3S.HI/c1-4-21-20(23-16-10-12-24(13-11-16)28(25,26)5-2)22-14-19-15(3)17-8-6-7-9-18(17)27-19;/h6-9,16H,4-5,10-14H2,1-3H3,(H2,21,22,23);1H. The average Bonchev–Trinajstić information content (AvgIpc) is 3.03. The Morgan fingerprint density at radius 1 is 1.24 bits per heavy atom. The lowest BCUT2D eigenvalue weighted by atomic mass is 10.1. The van der Waals surface area contributed by atoms with Crippen LogP contribution in [0.3, 0.4) is 0 Å². The van der Waals surface area contributed by atoms with Crippen molar-refractivity contribution in [2.24, 2.45) is 4.99 Å². The predicted molar refractivity (Wildman–Crippen MR) is 128 cm³/mol. The Hall–Kier alpha value is -1.33. The number of piperidine rings is 1. The summed E-state index contributed by atoms with van der Waals surface area (Å²) in [6.45, 7) is 8.09. The van der Waals surface area contributed by atoms with Crippen molar-refractivity contribution in [3.8, 4) is 0 Å². The number of aliphatic imine (C=N–C) groups is 1. The molecule has 7 nitrogen and oxygen atoms in total. The molecule has 0 amide bonds. The van der Waals surface area contributed by atoms with Crippen molar-refractivity contribution < 1.29 is 12.8 Å². The third-order valence-corrected chi connectivity index (χ3v) is 7.10. The van der Waals surface area contributed by atoms with Gasteiger partial charge in [-0.2, -0.15) is 0 Å². The molecule has 2 N–H and O–H groups in total. The van der Waals surface area contributed by atoms with Gasteiger partial charge in [0.2, 0.25) is 10.0 Å². The van der Waals surface area contributed by atoms with E-state index in [9.17, 15) is 8.42 Å². The highest BCUT2D eigenvalue weighted by Crippen LogP contribution is 2.25. The van der Waals surface area contributed by atoms with E-state index in [1.807, 2.05) is 25.1 Å². The molecule has 1 saturated heterocycles. The summed E-state index contributed by atoms with van der Waals surface area (Å²) >= 11 is 0. The van der Waals surface area contributed by atoms with Crippen LogP contribution in [0.4, 0.5) is 0 Å². The molecule has 0 unspecified atom stereocenters.